The van der Waals surface area contributed by atoms with Crippen LogP contribution in [0, 0.1) is 34.5 Å². The Hall–Kier alpha value is -1.56. The van der Waals surface area contributed by atoms with Gasteiger partial charge in [-0.1, -0.05) is 39.8 Å². The van der Waals surface area contributed by atoms with Gasteiger partial charge in [0.2, 0.25) is 0 Å². The Morgan fingerprint density at radius 2 is 1.73 bits per heavy atom. The summed E-state index contributed by atoms with van der Waals surface area (Å²) in [5.41, 5.74) is -0.242. The van der Waals surface area contributed by atoms with Crippen LogP contribution in [0.25, 0.3) is 0 Å². The molecule has 2 heterocycles. The van der Waals surface area contributed by atoms with Gasteiger partial charge in [-0.15, -0.1) is 0 Å². The molecule has 4 aliphatic carbocycles. The number of fused-ring (bicyclic) bond motifs is 3. The lowest BCUT2D eigenvalue weighted by atomic mass is 9.49. The number of rotatable bonds is 0. The van der Waals surface area contributed by atoms with Gasteiger partial charge in [0.15, 0.2) is 17.4 Å². The smallest absolute Gasteiger partial charge is 0.199 e. The highest BCUT2D eigenvalue weighted by atomic mass is 16.7. The lowest BCUT2D eigenvalue weighted by Gasteiger charge is -2.63. The third kappa shape index (κ3) is 2.30. The van der Waals surface area contributed by atoms with Crippen LogP contribution in [0.5, 0.6) is 0 Å². The van der Waals surface area contributed by atoms with E-state index in [0.29, 0.717) is 18.4 Å². The highest BCUT2D eigenvalue weighted by molar-refractivity contribution is 6.12. The average Bonchev–Trinajstić information content (AvgIpc) is 3.07. The van der Waals surface area contributed by atoms with Gasteiger partial charge < -0.3 is 14.6 Å². The molecule has 1 N–H and O–H groups in total. The van der Waals surface area contributed by atoms with Crippen molar-refractivity contribution in [3.8, 4) is 0 Å². The van der Waals surface area contributed by atoms with Crippen LogP contribution in [0.3, 0.4) is 0 Å². The van der Waals surface area contributed by atoms with Crippen molar-refractivity contribution in [3.63, 3.8) is 0 Å². The zero-order valence-electron chi connectivity index (χ0n) is 20.6. The minimum absolute atomic E-state index is 0.00388. The van der Waals surface area contributed by atoms with Gasteiger partial charge in [-0.2, -0.15) is 0 Å². The van der Waals surface area contributed by atoms with Gasteiger partial charge in [-0.25, -0.2) is 0 Å². The van der Waals surface area contributed by atoms with Gasteiger partial charge in [0, 0.05) is 40.6 Å². The topological polar surface area (TPSA) is 72.8 Å². The van der Waals surface area contributed by atoms with Crippen LogP contribution in [-0.4, -0.2) is 39.8 Å². The fraction of sp³-hybridized carbons (Fsp3) is 0.714. The molecule has 0 radical (unpaired) electrons. The Kier molecular flexibility index (Phi) is 4.10. The third-order valence-electron chi connectivity index (χ3n) is 10.9. The first kappa shape index (κ1) is 21.9. The lowest BCUT2D eigenvalue weighted by molar-refractivity contribution is -0.371. The molecule has 0 aromatic rings. The third-order valence-corrected chi connectivity index (χ3v) is 10.9. The van der Waals surface area contributed by atoms with Crippen molar-refractivity contribution >= 4 is 11.6 Å². The number of ether oxygens (including phenoxy) is 2. The number of hydrogen-bond donors (Lipinski definition) is 1. The van der Waals surface area contributed by atoms with E-state index in [1.54, 1.807) is 12.2 Å². The minimum Gasteiger partial charge on any atom is -0.387 e. The van der Waals surface area contributed by atoms with Crippen LogP contribution in [0.15, 0.2) is 35.5 Å². The van der Waals surface area contributed by atoms with Crippen molar-refractivity contribution in [1.82, 2.24) is 0 Å². The second-order valence-electron chi connectivity index (χ2n) is 12.5. The number of hydrogen-bond acceptors (Lipinski definition) is 5. The first-order valence-corrected chi connectivity index (χ1v) is 12.6. The van der Waals surface area contributed by atoms with Gasteiger partial charge in [0.1, 0.15) is 11.7 Å². The van der Waals surface area contributed by atoms with Crippen molar-refractivity contribution in [2.24, 2.45) is 34.5 Å². The summed E-state index contributed by atoms with van der Waals surface area (Å²) in [7, 11) is 0. The highest BCUT2D eigenvalue weighted by Crippen LogP contribution is 2.72. The van der Waals surface area contributed by atoms with Crippen LogP contribution in [0.4, 0.5) is 0 Å². The Morgan fingerprint density at radius 3 is 2.39 bits per heavy atom. The number of aliphatic hydroxyl groups excluding tert-OH is 1. The average molecular weight is 453 g/mol. The molecule has 0 aromatic carbocycles. The summed E-state index contributed by atoms with van der Waals surface area (Å²) in [6.07, 6.45) is 10.1. The molecule has 0 amide bonds. The maximum Gasteiger partial charge on any atom is 0.199 e. The van der Waals surface area contributed by atoms with Crippen LogP contribution in [0.1, 0.15) is 67.2 Å². The van der Waals surface area contributed by atoms with E-state index in [9.17, 15) is 14.7 Å². The molecule has 3 fully saturated rings. The summed E-state index contributed by atoms with van der Waals surface area (Å²) in [6.45, 7) is 12.7. The molecule has 1 spiro atoms. The predicted molar refractivity (Wildman–Crippen MR) is 123 cm³/mol. The van der Waals surface area contributed by atoms with Crippen molar-refractivity contribution in [2.45, 2.75) is 90.3 Å². The largest absolute Gasteiger partial charge is 0.387 e. The lowest BCUT2D eigenvalue weighted by Crippen LogP contribution is -2.68. The van der Waals surface area contributed by atoms with Crippen LogP contribution < -0.4 is 0 Å². The molecule has 6 aliphatic rings. The molecule has 6 rings (SSSR count). The fourth-order valence-corrected chi connectivity index (χ4v) is 8.54. The summed E-state index contributed by atoms with van der Waals surface area (Å²) in [5.74, 6) is -0.918. The molecule has 33 heavy (non-hydrogen) atoms. The van der Waals surface area contributed by atoms with Crippen LogP contribution >= 0.6 is 0 Å². The van der Waals surface area contributed by atoms with Crippen molar-refractivity contribution in [2.75, 3.05) is 0 Å². The second-order valence-corrected chi connectivity index (χ2v) is 12.5. The minimum atomic E-state index is -1.09. The number of carbonyl (C=O) groups is 2. The van der Waals surface area contributed by atoms with Gasteiger partial charge in [0.05, 0.1) is 5.60 Å². The zero-order valence-corrected chi connectivity index (χ0v) is 20.6. The maximum absolute atomic E-state index is 13.4. The Bertz CT molecular complexity index is 1070. The molecule has 5 nitrogen and oxygen atoms in total. The number of ketones is 2. The van der Waals surface area contributed by atoms with E-state index < -0.39 is 28.5 Å². The quantitative estimate of drug-likeness (QED) is 0.555. The van der Waals surface area contributed by atoms with Gasteiger partial charge in [-0.3, -0.25) is 9.59 Å². The summed E-state index contributed by atoms with van der Waals surface area (Å²) >= 11 is 0. The van der Waals surface area contributed by atoms with E-state index in [2.05, 4.69) is 32.9 Å². The SMILES string of the molecule is C[C@H]1[C@@H](O)[C@@]2(OC1(C)C)O[C@]13CC[C@H]([C@@H]2C)[C@@]1(C)C=CC1C3=CC(=O)C2=CC(=O)CC[C@@]21C. The molecular weight excluding hydrogens is 416 g/mol. The molecule has 9 atom stereocenters. The maximum atomic E-state index is 13.4. The van der Waals surface area contributed by atoms with E-state index in [4.69, 9.17) is 9.47 Å². The molecule has 5 heteroatoms. The van der Waals surface area contributed by atoms with Crippen LogP contribution in [0.2, 0.25) is 0 Å². The van der Waals surface area contributed by atoms with Gasteiger partial charge in [0.25, 0.3) is 0 Å². The normalized spacial score (nSPS) is 54.0. The summed E-state index contributed by atoms with van der Waals surface area (Å²) < 4.78 is 13.9. The Labute approximate surface area is 196 Å². The molecule has 1 saturated carbocycles. The summed E-state index contributed by atoms with van der Waals surface area (Å²) in [5, 5.41) is 11.5. The monoisotopic (exact) mass is 452 g/mol. The number of aliphatic hydroxyl groups is 1. The van der Waals surface area contributed by atoms with E-state index in [1.165, 1.54) is 0 Å². The fourth-order valence-electron chi connectivity index (χ4n) is 8.54. The molecule has 178 valence electrons. The second kappa shape index (κ2) is 6.16. The van der Waals surface area contributed by atoms with E-state index in [-0.39, 0.29) is 40.7 Å². The first-order chi connectivity index (χ1) is 15.3. The molecule has 2 saturated heterocycles. The number of carbonyl (C=O) groups excluding carboxylic acids is 2. The zero-order chi connectivity index (χ0) is 23.8. The predicted octanol–water partition coefficient (Wildman–Crippen LogP) is 4.30. The van der Waals surface area contributed by atoms with Crippen molar-refractivity contribution in [1.29, 1.82) is 0 Å². The van der Waals surface area contributed by atoms with Gasteiger partial charge in [-0.05, 0) is 56.8 Å². The molecular formula is C28H36O5. The Morgan fingerprint density at radius 1 is 1.00 bits per heavy atom. The van der Waals surface area contributed by atoms with Crippen molar-refractivity contribution < 1.29 is 24.2 Å². The number of allylic oxidation sites excluding steroid dienone is 4. The molecule has 2 bridgehead atoms. The molecule has 2 aliphatic heterocycles. The summed E-state index contributed by atoms with van der Waals surface area (Å²) in [6, 6.07) is 0. The Balaban J connectivity index is 1.55. The molecule has 1 unspecified atom stereocenters. The standard InChI is InChI=1S/C28H36O5/c1-15-18-9-12-27(33-28(15)23(31)16(2)24(3,4)32-28)20-14-22(30)21-13-17(29)7-10-25(21,5)19(20)8-11-26(18,27)6/h8,11,13-16,18-19,23,31H,7,9-10,12H2,1-6H3/t15-,16-,18+,19?,23+,25+,26+,27-,28-/m0/s1. The van der Waals surface area contributed by atoms with Crippen LogP contribution in [-0.2, 0) is 19.1 Å². The van der Waals surface area contributed by atoms with E-state index in [0.717, 1.165) is 18.4 Å². The van der Waals surface area contributed by atoms with Gasteiger partial charge >= 0.3 is 0 Å². The summed E-state index contributed by atoms with van der Waals surface area (Å²) in [4.78, 5) is 25.6. The molecule has 0 aromatic heterocycles. The highest BCUT2D eigenvalue weighted by Gasteiger charge is 2.76. The van der Waals surface area contributed by atoms with E-state index >= 15 is 0 Å². The van der Waals surface area contributed by atoms with Crippen molar-refractivity contribution in [3.05, 3.63) is 35.5 Å². The first-order valence-electron chi connectivity index (χ1n) is 12.6. The van der Waals surface area contributed by atoms with E-state index in [1.807, 2.05) is 20.8 Å².